The van der Waals surface area contributed by atoms with E-state index in [9.17, 15) is 13.2 Å². The number of hydrogen-bond donors (Lipinski definition) is 4. The van der Waals surface area contributed by atoms with Gasteiger partial charge in [0.15, 0.2) is 5.66 Å². The standard InChI is InChI=1S/C3H8N2O5S.CH4/c4-3(5,2(6)7)1-11(8,9)10;/h1,4-5H2,(H,6,7)(H,8,9,10);1H4. The van der Waals surface area contributed by atoms with Crippen LogP contribution < -0.4 is 11.5 Å². The molecule has 0 rings (SSSR count). The van der Waals surface area contributed by atoms with Crippen molar-refractivity contribution in [2.75, 3.05) is 5.75 Å². The van der Waals surface area contributed by atoms with E-state index < -0.39 is 27.5 Å². The van der Waals surface area contributed by atoms with Gasteiger partial charge in [0.25, 0.3) is 10.1 Å². The van der Waals surface area contributed by atoms with Gasteiger partial charge in [-0.05, 0) is 0 Å². The van der Waals surface area contributed by atoms with Crippen LogP contribution >= 0.6 is 0 Å². The molecule has 6 N–H and O–H groups in total. The number of hydrogen-bond acceptors (Lipinski definition) is 5. The summed E-state index contributed by atoms with van der Waals surface area (Å²) in [4.78, 5) is 10.1. The Morgan fingerprint density at radius 1 is 1.42 bits per heavy atom. The van der Waals surface area contributed by atoms with Gasteiger partial charge in [-0.2, -0.15) is 8.42 Å². The Morgan fingerprint density at radius 2 is 1.75 bits per heavy atom. The van der Waals surface area contributed by atoms with E-state index in [1.54, 1.807) is 0 Å². The van der Waals surface area contributed by atoms with Gasteiger partial charge in [-0.25, -0.2) is 4.79 Å². The van der Waals surface area contributed by atoms with Gasteiger partial charge in [-0.1, -0.05) is 7.43 Å². The lowest BCUT2D eigenvalue weighted by molar-refractivity contribution is -0.142. The first-order chi connectivity index (χ1) is 4.65. The highest BCUT2D eigenvalue weighted by Crippen LogP contribution is 1.95. The number of aliphatic carboxylic acids is 1. The number of rotatable bonds is 3. The van der Waals surface area contributed by atoms with Crippen LogP contribution in [0.25, 0.3) is 0 Å². The molecule has 74 valence electrons. The van der Waals surface area contributed by atoms with Gasteiger partial charge < -0.3 is 16.6 Å². The molecule has 0 atom stereocenters. The quantitative estimate of drug-likeness (QED) is 0.311. The van der Waals surface area contributed by atoms with Crippen LogP contribution in [0.1, 0.15) is 7.43 Å². The molecule has 0 bridgehead atoms. The van der Waals surface area contributed by atoms with Crippen molar-refractivity contribution in [1.29, 1.82) is 0 Å². The lowest BCUT2D eigenvalue weighted by Crippen LogP contribution is -2.60. The molecule has 8 heteroatoms. The van der Waals surface area contributed by atoms with Crippen molar-refractivity contribution in [2.24, 2.45) is 11.5 Å². The Hall–Kier alpha value is -0.700. The molecule has 0 spiro atoms. The fourth-order valence-electron chi connectivity index (χ4n) is 0.364. The topological polar surface area (TPSA) is 144 Å². The van der Waals surface area contributed by atoms with Crippen LogP contribution in [0.15, 0.2) is 0 Å². The van der Waals surface area contributed by atoms with E-state index in [-0.39, 0.29) is 7.43 Å². The van der Waals surface area contributed by atoms with Gasteiger partial charge in [0.1, 0.15) is 5.75 Å². The van der Waals surface area contributed by atoms with Crippen molar-refractivity contribution in [3.63, 3.8) is 0 Å². The Bertz CT molecular complexity index is 257. The second-order valence-electron chi connectivity index (χ2n) is 2.07. The summed E-state index contributed by atoms with van der Waals surface area (Å²) in [6.45, 7) is 0. The van der Waals surface area contributed by atoms with Gasteiger partial charge in [0.2, 0.25) is 0 Å². The molecule has 0 unspecified atom stereocenters. The highest BCUT2D eigenvalue weighted by Gasteiger charge is 2.34. The number of carboxylic acid groups (broad SMARTS) is 1. The summed E-state index contributed by atoms with van der Waals surface area (Å²) in [6.07, 6.45) is 0. The van der Waals surface area contributed by atoms with Crippen LogP contribution in [0, 0.1) is 0 Å². The Morgan fingerprint density at radius 3 is 1.83 bits per heavy atom. The van der Waals surface area contributed by atoms with Crippen LogP contribution in [0.2, 0.25) is 0 Å². The maximum absolute atomic E-state index is 10.1. The highest BCUT2D eigenvalue weighted by molar-refractivity contribution is 7.85. The number of carboxylic acids is 1. The Labute approximate surface area is 70.1 Å². The predicted octanol–water partition coefficient (Wildman–Crippen LogP) is -1.79. The van der Waals surface area contributed by atoms with E-state index >= 15 is 0 Å². The third-order valence-electron chi connectivity index (χ3n) is 0.819. The molecular weight excluding hydrogens is 188 g/mol. The van der Waals surface area contributed by atoms with Crippen LogP contribution in [-0.2, 0) is 14.9 Å². The largest absolute Gasteiger partial charge is 0.479 e. The van der Waals surface area contributed by atoms with E-state index in [1.165, 1.54) is 0 Å². The minimum absolute atomic E-state index is 0. The van der Waals surface area contributed by atoms with Crippen molar-refractivity contribution >= 4 is 16.1 Å². The molecule has 12 heavy (non-hydrogen) atoms. The summed E-state index contributed by atoms with van der Waals surface area (Å²) in [7, 11) is -4.46. The van der Waals surface area contributed by atoms with Crippen molar-refractivity contribution in [3.05, 3.63) is 0 Å². The molecule has 0 saturated heterocycles. The molecule has 7 nitrogen and oxygen atoms in total. The predicted molar refractivity (Wildman–Crippen MR) is 41.9 cm³/mol. The van der Waals surface area contributed by atoms with E-state index in [0.717, 1.165) is 0 Å². The Kier molecular flexibility index (Phi) is 4.40. The van der Waals surface area contributed by atoms with Gasteiger partial charge in [0.05, 0.1) is 0 Å². The monoisotopic (exact) mass is 200 g/mol. The zero-order valence-corrected chi connectivity index (χ0v) is 6.21. The molecular formula is C4H12N2O5S. The van der Waals surface area contributed by atoms with Crippen LogP contribution in [-0.4, -0.2) is 35.5 Å². The summed E-state index contributed by atoms with van der Waals surface area (Å²) >= 11 is 0. The van der Waals surface area contributed by atoms with Crippen molar-refractivity contribution in [2.45, 2.75) is 13.1 Å². The minimum atomic E-state index is -4.46. The van der Waals surface area contributed by atoms with E-state index in [4.69, 9.17) is 21.1 Å². The van der Waals surface area contributed by atoms with E-state index in [2.05, 4.69) is 0 Å². The third kappa shape index (κ3) is 5.02. The minimum Gasteiger partial charge on any atom is -0.479 e. The first-order valence-corrected chi connectivity index (χ1v) is 4.02. The summed E-state index contributed by atoms with van der Waals surface area (Å²) in [5, 5.41) is 8.18. The normalized spacial score (nSPS) is 11.9. The zero-order valence-electron chi connectivity index (χ0n) is 5.39. The van der Waals surface area contributed by atoms with E-state index in [1.807, 2.05) is 0 Å². The van der Waals surface area contributed by atoms with Gasteiger partial charge >= 0.3 is 5.97 Å². The maximum atomic E-state index is 10.1. The second kappa shape index (κ2) is 3.81. The average Bonchev–Trinajstić information content (AvgIpc) is 1.56. The number of carbonyl (C=O) groups is 1. The zero-order chi connectivity index (χ0) is 9.28. The second-order valence-corrected chi connectivity index (χ2v) is 3.52. The SMILES string of the molecule is C.NC(N)(CS(=O)(=O)O)C(=O)O. The smallest absolute Gasteiger partial charge is 0.339 e. The summed E-state index contributed by atoms with van der Waals surface area (Å²) in [6, 6.07) is 0. The molecule has 0 heterocycles. The lowest BCUT2D eigenvalue weighted by atomic mass is 10.2. The van der Waals surface area contributed by atoms with Crippen molar-refractivity contribution in [3.8, 4) is 0 Å². The first kappa shape index (κ1) is 13.9. The molecule has 0 fully saturated rings. The van der Waals surface area contributed by atoms with Gasteiger partial charge in [0, 0.05) is 0 Å². The molecule has 0 aliphatic carbocycles. The van der Waals surface area contributed by atoms with Crippen LogP contribution in [0.5, 0.6) is 0 Å². The molecule has 0 aromatic carbocycles. The first-order valence-electron chi connectivity index (χ1n) is 2.41. The lowest BCUT2D eigenvalue weighted by Gasteiger charge is -2.15. The molecule has 0 aromatic heterocycles. The molecule has 0 aliphatic rings. The summed E-state index contributed by atoms with van der Waals surface area (Å²) < 4.78 is 28.3. The van der Waals surface area contributed by atoms with Crippen molar-refractivity contribution < 1.29 is 22.9 Å². The highest BCUT2D eigenvalue weighted by atomic mass is 32.2. The van der Waals surface area contributed by atoms with Crippen LogP contribution in [0.3, 0.4) is 0 Å². The average molecular weight is 200 g/mol. The molecule has 0 aromatic rings. The van der Waals surface area contributed by atoms with Gasteiger partial charge in [-0.3, -0.25) is 4.55 Å². The fourth-order valence-corrected chi connectivity index (χ4v) is 1.09. The molecule has 0 saturated carbocycles. The number of nitrogens with two attached hydrogens (primary N) is 2. The summed E-state index contributed by atoms with van der Waals surface area (Å²) in [5.74, 6) is -2.91. The van der Waals surface area contributed by atoms with Gasteiger partial charge in [-0.15, -0.1) is 0 Å². The molecule has 0 aliphatic heterocycles. The van der Waals surface area contributed by atoms with Crippen LogP contribution in [0.4, 0.5) is 0 Å². The Balaban J connectivity index is 0. The fraction of sp³-hybridized carbons (Fsp3) is 0.750. The maximum Gasteiger partial charge on any atom is 0.339 e. The molecule has 0 amide bonds. The van der Waals surface area contributed by atoms with E-state index in [0.29, 0.717) is 0 Å². The third-order valence-corrected chi connectivity index (χ3v) is 1.66. The summed E-state index contributed by atoms with van der Waals surface area (Å²) in [5.41, 5.74) is 7.13. The van der Waals surface area contributed by atoms with Crippen molar-refractivity contribution in [1.82, 2.24) is 0 Å². The molecule has 0 radical (unpaired) electrons.